The van der Waals surface area contributed by atoms with Gasteiger partial charge in [-0.05, 0) is 55.5 Å². The standard InChI is InChI=1S/C32H44N6O3/c1-24(39)35-16-18-36(19-17-35)28-12-10-25(11-13-28)21-27(33)22-31(40)37-14-5-7-26(23-37)32-34-29-8-3-4-9-30(29)38(32)15-6-20-41-2/h3-4,8-13,26-27H,5-7,14-23,33H2,1-2H3/t26-,27-/m1/s1. The second-order valence-corrected chi connectivity index (χ2v) is 11.5. The van der Waals surface area contributed by atoms with E-state index in [1.54, 1.807) is 14.0 Å². The maximum absolute atomic E-state index is 13.3. The van der Waals surface area contributed by atoms with Gasteiger partial charge in [0.2, 0.25) is 11.8 Å². The van der Waals surface area contributed by atoms with Crippen molar-refractivity contribution in [3.05, 3.63) is 59.9 Å². The van der Waals surface area contributed by atoms with Gasteiger partial charge in [0.05, 0.1) is 11.0 Å². The lowest BCUT2D eigenvalue weighted by Gasteiger charge is -2.35. The Morgan fingerprint density at radius 3 is 2.51 bits per heavy atom. The SMILES string of the molecule is COCCCn1c([C@@H]2CCCN(C(=O)C[C@H](N)Cc3ccc(N4CCN(C(C)=O)CC4)cc3)C2)nc2ccccc21. The van der Waals surface area contributed by atoms with Crippen LogP contribution in [0, 0.1) is 0 Å². The number of methoxy groups -OCH3 is 1. The van der Waals surface area contributed by atoms with Crippen LogP contribution < -0.4 is 10.6 Å². The van der Waals surface area contributed by atoms with Crippen LogP contribution in [0.3, 0.4) is 0 Å². The summed E-state index contributed by atoms with van der Waals surface area (Å²) in [5.74, 6) is 1.56. The minimum atomic E-state index is -0.230. The zero-order valence-corrected chi connectivity index (χ0v) is 24.5. The molecule has 0 saturated carbocycles. The van der Waals surface area contributed by atoms with Gasteiger partial charge in [-0.15, -0.1) is 0 Å². The van der Waals surface area contributed by atoms with Crippen LogP contribution in [0.15, 0.2) is 48.5 Å². The summed E-state index contributed by atoms with van der Waals surface area (Å²) in [6, 6.07) is 16.5. The van der Waals surface area contributed by atoms with Crippen molar-refractivity contribution in [2.45, 2.75) is 57.5 Å². The second kappa shape index (κ2) is 13.5. The van der Waals surface area contributed by atoms with Crippen LogP contribution in [0.5, 0.6) is 0 Å². The van der Waals surface area contributed by atoms with E-state index in [0.29, 0.717) is 26.0 Å². The number of nitrogens with two attached hydrogens (primary N) is 1. The quantitative estimate of drug-likeness (QED) is 0.382. The number of aromatic nitrogens is 2. The molecule has 0 bridgehead atoms. The zero-order chi connectivity index (χ0) is 28.8. The summed E-state index contributed by atoms with van der Waals surface area (Å²) < 4.78 is 7.62. The molecule has 220 valence electrons. The van der Waals surface area contributed by atoms with E-state index in [9.17, 15) is 9.59 Å². The van der Waals surface area contributed by atoms with Crippen molar-refractivity contribution in [3.8, 4) is 0 Å². The summed E-state index contributed by atoms with van der Waals surface area (Å²) in [6.07, 6.45) is 3.92. The zero-order valence-electron chi connectivity index (χ0n) is 24.5. The lowest BCUT2D eigenvalue weighted by Crippen LogP contribution is -2.48. The third-order valence-electron chi connectivity index (χ3n) is 8.51. The number of amides is 2. The third-order valence-corrected chi connectivity index (χ3v) is 8.51. The van der Waals surface area contributed by atoms with E-state index in [4.69, 9.17) is 15.5 Å². The molecule has 3 heterocycles. The van der Waals surface area contributed by atoms with E-state index in [1.165, 1.54) is 0 Å². The molecule has 2 amide bonds. The third kappa shape index (κ3) is 7.08. The fourth-order valence-electron chi connectivity index (χ4n) is 6.27. The number of imidazole rings is 1. The molecule has 2 aromatic carbocycles. The summed E-state index contributed by atoms with van der Waals surface area (Å²) in [5.41, 5.74) is 11.0. The van der Waals surface area contributed by atoms with Crippen molar-refractivity contribution in [1.82, 2.24) is 19.4 Å². The Hall–Kier alpha value is -3.43. The first kappa shape index (κ1) is 29.1. The highest BCUT2D eigenvalue weighted by Crippen LogP contribution is 2.30. The van der Waals surface area contributed by atoms with Crippen LogP contribution in [0.2, 0.25) is 0 Å². The van der Waals surface area contributed by atoms with Gasteiger partial charge in [-0.2, -0.15) is 0 Å². The Bertz CT molecular complexity index is 1310. The first-order chi connectivity index (χ1) is 19.9. The number of para-hydroxylation sites is 2. The lowest BCUT2D eigenvalue weighted by molar-refractivity contribution is -0.133. The van der Waals surface area contributed by atoms with Crippen molar-refractivity contribution >= 4 is 28.5 Å². The monoisotopic (exact) mass is 560 g/mol. The van der Waals surface area contributed by atoms with Crippen molar-refractivity contribution in [1.29, 1.82) is 0 Å². The average molecular weight is 561 g/mol. The van der Waals surface area contributed by atoms with Crippen LogP contribution in [0.25, 0.3) is 11.0 Å². The smallest absolute Gasteiger partial charge is 0.224 e. The number of hydrogen-bond donors (Lipinski definition) is 1. The number of piperidine rings is 1. The van der Waals surface area contributed by atoms with Crippen molar-refractivity contribution in [2.24, 2.45) is 5.73 Å². The van der Waals surface area contributed by atoms with E-state index in [1.807, 2.05) is 15.9 Å². The number of aryl methyl sites for hydroxylation is 1. The molecule has 2 saturated heterocycles. The molecule has 3 aromatic rings. The Kier molecular flexibility index (Phi) is 9.57. The number of ether oxygens (including phenoxy) is 1. The van der Waals surface area contributed by atoms with Gasteiger partial charge in [0.15, 0.2) is 0 Å². The number of benzene rings is 2. The molecule has 0 unspecified atom stereocenters. The topological polar surface area (TPSA) is 96.9 Å². The number of nitrogens with zero attached hydrogens (tertiary/aromatic N) is 5. The molecule has 2 fully saturated rings. The van der Waals surface area contributed by atoms with E-state index in [0.717, 1.165) is 86.6 Å². The predicted octanol–water partition coefficient (Wildman–Crippen LogP) is 3.41. The second-order valence-electron chi connectivity index (χ2n) is 11.5. The maximum atomic E-state index is 13.3. The van der Waals surface area contributed by atoms with Crippen LogP contribution in [0.4, 0.5) is 5.69 Å². The van der Waals surface area contributed by atoms with Crippen molar-refractivity contribution in [2.75, 3.05) is 57.9 Å². The molecule has 2 aliphatic rings. The molecular formula is C32H44N6O3. The normalized spacial score (nSPS) is 18.6. The molecule has 1 aromatic heterocycles. The molecule has 9 heteroatoms. The van der Waals surface area contributed by atoms with Gasteiger partial charge in [0.25, 0.3) is 0 Å². The largest absolute Gasteiger partial charge is 0.385 e. The summed E-state index contributed by atoms with van der Waals surface area (Å²) in [6.45, 7) is 7.85. The molecule has 9 nitrogen and oxygen atoms in total. The number of piperazine rings is 1. The fraction of sp³-hybridized carbons (Fsp3) is 0.531. The first-order valence-corrected chi connectivity index (χ1v) is 15.0. The highest BCUT2D eigenvalue weighted by Gasteiger charge is 2.29. The van der Waals surface area contributed by atoms with Gasteiger partial charge in [-0.1, -0.05) is 24.3 Å². The number of carbonyl (C=O) groups is 2. The number of hydrogen-bond acceptors (Lipinski definition) is 6. The van der Waals surface area contributed by atoms with Crippen LogP contribution in [0.1, 0.15) is 49.9 Å². The number of anilines is 1. The summed E-state index contributed by atoms with van der Waals surface area (Å²) in [7, 11) is 1.73. The molecule has 41 heavy (non-hydrogen) atoms. The first-order valence-electron chi connectivity index (χ1n) is 15.0. The average Bonchev–Trinajstić information content (AvgIpc) is 3.36. The Labute approximate surface area is 243 Å². The summed E-state index contributed by atoms with van der Waals surface area (Å²) in [5, 5.41) is 0. The molecule has 2 N–H and O–H groups in total. The van der Waals surface area contributed by atoms with Gasteiger partial charge in [0.1, 0.15) is 5.82 Å². The van der Waals surface area contributed by atoms with Crippen molar-refractivity contribution in [3.63, 3.8) is 0 Å². The van der Waals surface area contributed by atoms with Gasteiger partial charge in [-0.25, -0.2) is 4.98 Å². The molecule has 0 radical (unpaired) electrons. The number of carbonyl (C=O) groups excluding carboxylic acids is 2. The van der Waals surface area contributed by atoms with E-state index >= 15 is 0 Å². The molecule has 0 aliphatic carbocycles. The molecule has 5 rings (SSSR count). The summed E-state index contributed by atoms with van der Waals surface area (Å²) >= 11 is 0. The van der Waals surface area contributed by atoms with Crippen LogP contribution in [-0.4, -0.2) is 90.2 Å². The van der Waals surface area contributed by atoms with Gasteiger partial charge in [-0.3, -0.25) is 9.59 Å². The Morgan fingerprint density at radius 2 is 1.78 bits per heavy atom. The lowest BCUT2D eigenvalue weighted by atomic mass is 9.96. The number of likely N-dealkylation sites (tertiary alicyclic amines) is 1. The molecule has 2 aliphatic heterocycles. The van der Waals surface area contributed by atoms with Gasteiger partial charge in [0, 0.05) is 90.5 Å². The molecule has 2 atom stereocenters. The van der Waals surface area contributed by atoms with E-state index in [2.05, 4.69) is 51.9 Å². The van der Waals surface area contributed by atoms with Crippen LogP contribution in [-0.2, 0) is 27.3 Å². The maximum Gasteiger partial charge on any atom is 0.224 e. The Balaban J connectivity index is 1.16. The Morgan fingerprint density at radius 1 is 1.02 bits per heavy atom. The van der Waals surface area contributed by atoms with Gasteiger partial charge >= 0.3 is 0 Å². The molecule has 0 spiro atoms. The minimum absolute atomic E-state index is 0.129. The van der Waals surface area contributed by atoms with E-state index in [-0.39, 0.29) is 23.8 Å². The minimum Gasteiger partial charge on any atom is -0.385 e. The predicted molar refractivity (Wildman–Crippen MR) is 162 cm³/mol. The van der Waals surface area contributed by atoms with E-state index < -0.39 is 0 Å². The number of rotatable bonds is 10. The fourth-order valence-corrected chi connectivity index (χ4v) is 6.27. The highest BCUT2D eigenvalue weighted by molar-refractivity contribution is 5.78. The number of fused-ring (bicyclic) bond motifs is 1. The van der Waals surface area contributed by atoms with Crippen LogP contribution >= 0.6 is 0 Å². The highest BCUT2D eigenvalue weighted by atomic mass is 16.5. The summed E-state index contributed by atoms with van der Waals surface area (Å²) in [4.78, 5) is 36.2. The molecular weight excluding hydrogens is 516 g/mol. The van der Waals surface area contributed by atoms with Gasteiger partial charge < -0.3 is 29.7 Å². The van der Waals surface area contributed by atoms with Crippen molar-refractivity contribution < 1.29 is 14.3 Å².